The van der Waals surface area contributed by atoms with E-state index in [1.165, 1.54) is 0 Å². The van der Waals surface area contributed by atoms with Crippen molar-refractivity contribution in [2.45, 2.75) is 0 Å². The van der Waals surface area contributed by atoms with Crippen molar-refractivity contribution in [3.63, 3.8) is 0 Å². The van der Waals surface area contributed by atoms with E-state index in [1.807, 2.05) is 6.07 Å². The molecule has 29 heavy (non-hydrogen) atoms. The molecule has 3 N–H and O–H groups in total. The highest BCUT2D eigenvalue weighted by atomic mass is 16.5. The van der Waals surface area contributed by atoms with Crippen LogP contribution in [0.25, 0.3) is 33.5 Å². The number of nitrogens with zero attached hydrogens (tertiary/aromatic N) is 3. The molecule has 9 nitrogen and oxygen atoms in total. The second-order valence-electron chi connectivity index (χ2n) is 6.07. The third-order valence-electron chi connectivity index (χ3n) is 4.21. The van der Waals surface area contributed by atoms with Crippen molar-refractivity contribution in [1.29, 1.82) is 0 Å². The van der Waals surface area contributed by atoms with E-state index in [1.54, 1.807) is 48.8 Å². The van der Waals surface area contributed by atoms with Gasteiger partial charge in [0.1, 0.15) is 17.9 Å². The molecule has 9 heteroatoms. The predicted molar refractivity (Wildman–Crippen MR) is 102 cm³/mol. The minimum Gasteiger partial charge on any atom is -0.505 e. The Morgan fingerprint density at radius 3 is 2.38 bits per heavy atom. The third kappa shape index (κ3) is 3.36. The molecule has 4 aromatic rings. The number of pyridine rings is 2. The van der Waals surface area contributed by atoms with E-state index in [2.05, 4.69) is 20.4 Å². The highest BCUT2D eigenvalue weighted by Crippen LogP contribution is 2.40. The summed E-state index contributed by atoms with van der Waals surface area (Å²) < 4.78 is 5.48. The minimum absolute atomic E-state index is 0.197. The second-order valence-corrected chi connectivity index (χ2v) is 6.07. The number of amides is 1. The predicted octanol–water partition coefficient (Wildman–Crippen LogP) is 2.47. The Morgan fingerprint density at radius 2 is 1.69 bits per heavy atom. The van der Waals surface area contributed by atoms with Crippen molar-refractivity contribution in [1.82, 2.24) is 20.4 Å². The smallest absolute Gasteiger partial charge is 0.322 e. The summed E-state index contributed by atoms with van der Waals surface area (Å²) in [5.74, 6) is -2.49. The van der Waals surface area contributed by atoms with Crippen LogP contribution in [0.1, 0.15) is 10.5 Å². The average Bonchev–Trinajstić information content (AvgIpc) is 3.19. The maximum atomic E-state index is 12.5. The fourth-order valence-corrected chi connectivity index (χ4v) is 2.90. The Hall–Kier alpha value is -4.27. The molecule has 0 spiro atoms. The Balaban J connectivity index is 1.97. The molecule has 144 valence electrons. The number of carbonyl (C=O) groups is 2. The first kappa shape index (κ1) is 18.1. The normalized spacial score (nSPS) is 10.8. The molecule has 0 saturated carbocycles. The highest BCUT2D eigenvalue weighted by Gasteiger charge is 2.26. The fourth-order valence-electron chi connectivity index (χ4n) is 2.90. The van der Waals surface area contributed by atoms with E-state index < -0.39 is 24.2 Å². The number of carboxylic acid groups (broad SMARTS) is 1. The Bertz CT molecular complexity index is 1210. The zero-order chi connectivity index (χ0) is 20.4. The molecule has 0 unspecified atom stereocenters. The van der Waals surface area contributed by atoms with Gasteiger partial charge in [0.05, 0.1) is 5.39 Å². The Kier molecular flexibility index (Phi) is 4.62. The van der Waals surface area contributed by atoms with E-state index >= 15 is 0 Å². The van der Waals surface area contributed by atoms with Crippen molar-refractivity contribution in [2.75, 3.05) is 6.54 Å². The van der Waals surface area contributed by atoms with Gasteiger partial charge >= 0.3 is 5.97 Å². The summed E-state index contributed by atoms with van der Waals surface area (Å²) in [5, 5.41) is 26.1. The van der Waals surface area contributed by atoms with Crippen LogP contribution >= 0.6 is 0 Å². The number of benzene rings is 1. The van der Waals surface area contributed by atoms with Crippen LogP contribution in [0.3, 0.4) is 0 Å². The molecule has 1 amide bonds. The van der Waals surface area contributed by atoms with Crippen LogP contribution in [0.4, 0.5) is 0 Å². The highest BCUT2D eigenvalue weighted by molar-refractivity contribution is 6.08. The minimum atomic E-state index is -1.22. The Morgan fingerprint density at radius 1 is 1.00 bits per heavy atom. The first-order chi connectivity index (χ1) is 14.1. The molecule has 0 aliphatic heterocycles. The largest absolute Gasteiger partial charge is 0.505 e. The number of nitrogens with one attached hydrogen (secondary N) is 1. The quantitative estimate of drug-likeness (QED) is 0.472. The molecule has 1 aromatic carbocycles. The summed E-state index contributed by atoms with van der Waals surface area (Å²) in [7, 11) is 0. The van der Waals surface area contributed by atoms with Crippen molar-refractivity contribution < 1.29 is 24.3 Å². The lowest BCUT2D eigenvalue weighted by atomic mass is 10.0. The summed E-state index contributed by atoms with van der Waals surface area (Å²) in [6.07, 6.45) is 3.10. The van der Waals surface area contributed by atoms with Crippen LogP contribution in [0.15, 0.2) is 59.4 Å². The van der Waals surface area contributed by atoms with Crippen LogP contribution in [-0.4, -0.2) is 43.8 Å². The van der Waals surface area contributed by atoms with Crippen molar-refractivity contribution >= 4 is 22.8 Å². The molecular weight excluding hydrogens is 376 g/mol. The lowest BCUT2D eigenvalue weighted by molar-refractivity contribution is -0.135. The third-order valence-corrected chi connectivity index (χ3v) is 4.21. The van der Waals surface area contributed by atoms with Gasteiger partial charge in [0.2, 0.25) is 0 Å². The van der Waals surface area contributed by atoms with Gasteiger partial charge in [0.25, 0.3) is 5.91 Å². The van der Waals surface area contributed by atoms with Crippen LogP contribution in [0, 0.1) is 0 Å². The molecule has 0 aliphatic rings. The van der Waals surface area contributed by atoms with Crippen LogP contribution in [0.2, 0.25) is 0 Å². The number of rotatable bonds is 5. The van der Waals surface area contributed by atoms with Gasteiger partial charge in [0, 0.05) is 23.5 Å². The number of aromatic hydroxyl groups is 1. The lowest BCUT2D eigenvalue weighted by Gasteiger charge is -2.09. The van der Waals surface area contributed by atoms with Gasteiger partial charge in [-0.3, -0.25) is 14.6 Å². The summed E-state index contributed by atoms with van der Waals surface area (Å²) in [5.41, 5.74) is 1.74. The standard InChI is InChI=1S/C20H14N4O5/c25-13(26)10-22-20(28)17-18(27)14-15(11-4-2-1-3-5-11)24-29-19(14)16(23-17)12-6-8-21-9-7-12/h1-9,27H,10H2,(H,22,28)(H,25,26). The summed E-state index contributed by atoms with van der Waals surface area (Å²) >= 11 is 0. The number of aromatic nitrogens is 3. The van der Waals surface area contributed by atoms with Gasteiger partial charge in [-0.15, -0.1) is 0 Å². The first-order valence-corrected chi connectivity index (χ1v) is 8.54. The number of aliphatic carboxylic acids is 1. The van der Waals surface area contributed by atoms with Crippen molar-refractivity contribution in [3.05, 3.63) is 60.6 Å². The van der Waals surface area contributed by atoms with Gasteiger partial charge in [-0.25, -0.2) is 4.98 Å². The lowest BCUT2D eigenvalue weighted by Crippen LogP contribution is -2.30. The molecular formula is C20H14N4O5. The number of fused-ring (bicyclic) bond motifs is 1. The first-order valence-electron chi connectivity index (χ1n) is 8.54. The van der Waals surface area contributed by atoms with E-state index in [4.69, 9.17) is 9.63 Å². The number of hydrogen-bond acceptors (Lipinski definition) is 7. The van der Waals surface area contributed by atoms with E-state index in [0.717, 1.165) is 0 Å². The monoisotopic (exact) mass is 390 g/mol. The van der Waals surface area contributed by atoms with Gasteiger partial charge in [-0.2, -0.15) is 0 Å². The molecule has 4 rings (SSSR count). The van der Waals surface area contributed by atoms with Crippen LogP contribution < -0.4 is 5.32 Å². The average molecular weight is 390 g/mol. The van der Waals surface area contributed by atoms with Gasteiger partial charge < -0.3 is 20.1 Å². The number of carbonyl (C=O) groups excluding carboxylic acids is 1. The molecule has 0 aliphatic carbocycles. The molecule has 3 aromatic heterocycles. The molecule has 3 heterocycles. The Labute approximate surface area is 163 Å². The van der Waals surface area contributed by atoms with Crippen LogP contribution in [-0.2, 0) is 4.79 Å². The second kappa shape index (κ2) is 7.39. The number of carboxylic acids is 1. The van der Waals surface area contributed by atoms with Gasteiger partial charge in [0.15, 0.2) is 17.0 Å². The van der Waals surface area contributed by atoms with E-state index in [-0.39, 0.29) is 22.4 Å². The summed E-state index contributed by atoms with van der Waals surface area (Å²) in [4.78, 5) is 31.5. The van der Waals surface area contributed by atoms with E-state index in [0.29, 0.717) is 16.8 Å². The molecule has 0 radical (unpaired) electrons. The SMILES string of the molecule is O=C(O)CNC(=O)c1nc(-c2ccncc2)c2onc(-c3ccccc3)c2c1O. The maximum Gasteiger partial charge on any atom is 0.322 e. The maximum absolute atomic E-state index is 12.5. The van der Waals surface area contributed by atoms with Crippen molar-refractivity contribution in [2.24, 2.45) is 0 Å². The van der Waals surface area contributed by atoms with Crippen molar-refractivity contribution in [3.8, 4) is 28.3 Å². The molecule has 0 atom stereocenters. The van der Waals surface area contributed by atoms with E-state index in [9.17, 15) is 14.7 Å². The summed E-state index contributed by atoms with van der Waals surface area (Å²) in [6.45, 7) is -0.613. The summed E-state index contributed by atoms with van der Waals surface area (Å²) in [6, 6.07) is 12.4. The number of hydrogen-bond donors (Lipinski definition) is 3. The molecule has 0 saturated heterocycles. The zero-order valence-electron chi connectivity index (χ0n) is 14.9. The van der Waals surface area contributed by atoms with Gasteiger partial charge in [-0.1, -0.05) is 35.5 Å². The fraction of sp³-hybridized carbons (Fsp3) is 0.0500. The van der Waals surface area contributed by atoms with Gasteiger partial charge in [-0.05, 0) is 12.1 Å². The molecule has 0 fully saturated rings. The molecule has 0 bridgehead atoms. The van der Waals surface area contributed by atoms with Crippen LogP contribution in [0.5, 0.6) is 5.75 Å². The zero-order valence-corrected chi connectivity index (χ0v) is 14.9. The topological polar surface area (TPSA) is 138 Å².